The maximum Gasteiger partial charge on any atom is 0.333 e. The average Bonchev–Trinajstić information content (AvgIpc) is 2.28. The Morgan fingerprint density at radius 1 is 1.47 bits per heavy atom. The van der Waals surface area contributed by atoms with Crippen molar-refractivity contribution in [2.24, 2.45) is 0 Å². The van der Waals surface area contributed by atoms with Crippen LogP contribution in [0.4, 0.5) is 0 Å². The fourth-order valence-electron chi connectivity index (χ4n) is 1.42. The lowest BCUT2D eigenvalue weighted by molar-refractivity contribution is -0.148. The summed E-state index contributed by atoms with van der Waals surface area (Å²) >= 11 is 1.53. The fourth-order valence-corrected chi connectivity index (χ4v) is 2.55. The molecule has 0 fully saturated rings. The Morgan fingerprint density at radius 3 is 2.76 bits per heavy atom. The Morgan fingerprint density at radius 2 is 2.18 bits per heavy atom. The Balaban J connectivity index is 2.64. The smallest absolute Gasteiger partial charge is 0.333 e. The van der Waals surface area contributed by atoms with E-state index in [9.17, 15) is 4.79 Å². The Labute approximate surface area is 106 Å². The normalized spacial score (nSPS) is 12.4. The number of benzene rings is 1. The number of carboxylic acids is 1. The second-order valence-electron chi connectivity index (χ2n) is 3.86. The van der Waals surface area contributed by atoms with Crippen LogP contribution in [0.5, 0.6) is 0 Å². The van der Waals surface area contributed by atoms with Crippen molar-refractivity contribution in [3.63, 3.8) is 0 Å². The van der Waals surface area contributed by atoms with Gasteiger partial charge in [0.1, 0.15) is 0 Å². The summed E-state index contributed by atoms with van der Waals surface area (Å²) in [5.41, 5.74) is 2.35. The van der Waals surface area contributed by atoms with E-state index in [0.717, 1.165) is 4.90 Å². The number of hydrogen-bond donors (Lipinski definition) is 1. The Hall–Kier alpha value is -1.00. The van der Waals surface area contributed by atoms with Gasteiger partial charge in [0, 0.05) is 17.3 Å². The first-order valence-electron chi connectivity index (χ1n) is 5.59. The quantitative estimate of drug-likeness (QED) is 0.793. The van der Waals surface area contributed by atoms with Crippen molar-refractivity contribution in [1.82, 2.24) is 0 Å². The van der Waals surface area contributed by atoms with Gasteiger partial charge in [-0.05, 0) is 32.4 Å². The highest BCUT2D eigenvalue weighted by Gasteiger charge is 2.17. The van der Waals surface area contributed by atoms with Crippen LogP contribution in [-0.2, 0) is 9.53 Å². The van der Waals surface area contributed by atoms with Crippen molar-refractivity contribution >= 4 is 17.7 Å². The van der Waals surface area contributed by atoms with Crippen LogP contribution >= 0.6 is 11.8 Å². The molecule has 0 aliphatic carbocycles. The van der Waals surface area contributed by atoms with Crippen LogP contribution in [-0.4, -0.2) is 29.5 Å². The molecule has 1 rings (SSSR count). The molecule has 0 radical (unpaired) electrons. The van der Waals surface area contributed by atoms with Crippen molar-refractivity contribution < 1.29 is 14.6 Å². The lowest BCUT2D eigenvalue weighted by Gasteiger charge is -2.13. The molecule has 0 amide bonds. The van der Waals surface area contributed by atoms with Gasteiger partial charge in [-0.2, -0.15) is 0 Å². The largest absolute Gasteiger partial charge is 0.479 e. The van der Waals surface area contributed by atoms with Crippen LogP contribution in [0.2, 0.25) is 0 Å². The number of aryl methyl sites for hydroxylation is 2. The predicted molar refractivity (Wildman–Crippen MR) is 69.7 cm³/mol. The molecule has 4 heteroatoms. The van der Waals surface area contributed by atoms with E-state index in [1.54, 1.807) is 6.92 Å². The molecule has 0 aliphatic heterocycles. The molecule has 0 heterocycles. The van der Waals surface area contributed by atoms with E-state index in [1.165, 1.54) is 22.9 Å². The number of ether oxygens (including phenoxy) is 1. The van der Waals surface area contributed by atoms with Gasteiger partial charge in [-0.15, -0.1) is 11.8 Å². The monoisotopic (exact) mass is 254 g/mol. The van der Waals surface area contributed by atoms with Crippen LogP contribution in [0.1, 0.15) is 18.1 Å². The van der Waals surface area contributed by atoms with Crippen molar-refractivity contribution in [3.8, 4) is 0 Å². The molecule has 0 aliphatic rings. The molecule has 3 nitrogen and oxygen atoms in total. The first kappa shape index (κ1) is 14.1. The van der Waals surface area contributed by atoms with Crippen LogP contribution in [0, 0.1) is 13.8 Å². The summed E-state index contributed by atoms with van der Waals surface area (Å²) in [4.78, 5) is 12.0. The highest BCUT2D eigenvalue weighted by molar-refractivity contribution is 7.99. The molecule has 17 heavy (non-hydrogen) atoms. The molecule has 1 aromatic carbocycles. The van der Waals surface area contributed by atoms with Gasteiger partial charge in [0.05, 0.1) is 0 Å². The van der Waals surface area contributed by atoms with Crippen LogP contribution in [0.3, 0.4) is 0 Å². The van der Waals surface area contributed by atoms with E-state index >= 15 is 0 Å². The Bertz CT molecular complexity index is 390. The molecule has 1 aromatic rings. The van der Waals surface area contributed by atoms with Crippen molar-refractivity contribution in [2.45, 2.75) is 31.8 Å². The summed E-state index contributed by atoms with van der Waals surface area (Å²) in [6, 6.07) is 6.18. The highest BCUT2D eigenvalue weighted by atomic mass is 32.2. The number of hydrogen-bond acceptors (Lipinski definition) is 3. The third-order valence-corrected chi connectivity index (χ3v) is 3.60. The number of carboxylic acid groups (broad SMARTS) is 1. The van der Waals surface area contributed by atoms with Crippen molar-refractivity contribution in [3.05, 3.63) is 29.3 Å². The maximum absolute atomic E-state index is 10.9. The van der Waals surface area contributed by atoms with Crippen LogP contribution < -0.4 is 0 Å². The number of aliphatic carboxylic acids is 1. The molecule has 1 N–H and O–H groups in total. The predicted octanol–water partition coefficient (Wildman–Crippen LogP) is 2.89. The van der Waals surface area contributed by atoms with Gasteiger partial charge in [-0.25, -0.2) is 4.79 Å². The van der Waals surface area contributed by atoms with Gasteiger partial charge in [-0.3, -0.25) is 0 Å². The second-order valence-corrected chi connectivity index (χ2v) is 4.92. The Kier molecular flexibility index (Phi) is 5.51. The van der Waals surface area contributed by atoms with Crippen molar-refractivity contribution in [1.29, 1.82) is 0 Å². The topological polar surface area (TPSA) is 46.5 Å². The van der Waals surface area contributed by atoms with E-state index < -0.39 is 12.1 Å². The first-order valence-corrected chi connectivity index (χ1v) is 6.57. The van der Waals surface area contributed by atoms with Gasteiger partial charge < -0.3 is 9.84 Å². The zero-order valence-corrected chi connectivity index (χ0v) is 11.2. The fraction of sp³-hybridized carbons (Fsp3) is 0.462. The molecule has 0 saturated heterocycles. The van der Waals surface area contributed by atoms with E-state index in [4.69, 9.17) is 9.84 Å². The molecule has 1 unspecified atom stereocenters. The first-order chi connectivity index (χ1) is 8.04. The molecule has 0 bridgehead atoms. The van der Waals surface area contributed by atoms with Gasteiger partial charge in [0.25, 0.3) is 0 Å². The standard InChI is InChI=1S/C13H18O3S/c1-4-16-11(13(14)15)8-17-12-7-9(2)5-6-10(12)3/h5-7,11H,4,8H2,1-3H3,(H,14,15). The minimum Gasteiger partial charge on any atom is -0.479 e. The lowest BCUT2D eigenvalue weighted by atomic mass is 10.2. The molecule has 0 spiro atoms. The van der Waals surface area contributed by atoms with E-state index in [2.05, 4.69) is 12.1 Å². The minimum absolute atomic E-state index is 0.421. The summed E-state index contributed by atoms with van der Waals surface area (Å²) < 4.78 is 5.17. The second kappa shape index (κ2) is 6.67. The highest BCUT2D eigenvalue weighted by Crippen LogP contribution is 2.24. The third-order valence-electron chi connectivity index (χ3n) is 2.38. The van der Waals surface area contributed by atoms with Gasteiger partial charge >= 0.3 is 5.97 Å². The van der Waals surface area contributed by atoms with Gasteiger partial charge in [-0.1, -0.05) is 17.7 Å². The average molecular weight is 254 g/mol. The van der Waals surface area contributed by atoms with E-state index in [-0.39, 0.29) is 0 Å². The summed E-state index contributed by atoms with van der Waals surface area (Å²) in [5, 5.41) is 8.97. The number of rotatable bonds is 6. The van der Waals surface area contributed by atoms with Gasteiger partial charge in [0.2, 0.25) is 0 Å². The summed E-state index contributed by atoms with van der Waals surface area (Å²) in [6.45, 7) is 6.28. The maximum atomic E-state index is 10.9. The van der Waals surface area contributed by atoms with E-state index in [1.807, 2.05) is 19.9 Å². The summed E-state index contributed by atoms with van der Waals surface area (Å²) in [5.74, 6) is -0.461. The molecular weight excluding hydrogens is 236 g/mol. The summed E-state index contributed by atoms with van der Waals surface area (Å²) in [7, 11) is 0. The number of thioether (sulfide) groups is 1. The zero-order chi connectivity index (χ0) is 12.8. The minimum atomic E-state index is -0.898. The molecule has 94 valence electrons. The number of carbonyl (C=O) groups is 1. The third kappa shape index (κ3) is 4.40. The SMILES string of the molecule is CCOC(CSc1cc(C)ccc1C)C(=O)O. The van der Waals surface area contributed by atoms with Crippen molar-refractivity contribution in [2.75, 3.05) is 12.4 Å². The van der Waals surface area contributed by atoms with Gasteiger partial charge in [0.15, 0.2) is 6.10 Å². The zero-order valence-electron chi connectivity index (χ0n) is 10.4. The molecule has 1 atom stereocenters. The van der Waals surface area contributed by atoms with Crippen LogP contribution in [0.25, 0.3) is 0 Å². The molecule has 0 aromatic heterocycles. The van der Waals surface area contributed by atoms with Crippen LogP contribution in [0.15, 0.2) is 23.1 Å². The summed E-state index contributed by atoms with van der Waals surface area (Å²) in [6.07, 6.45) is -0.732. The molecule has 0 saturated carbocycles. The lowest BCUT2D eigenvalue weighted by Crippen LogP contribution is -2.26. The molecular formula is C13H18O3S. The van der Waals surface area contributed by atoms with E-state index in [0.29, 0.717) is 12.4 Å².